The van der Waals surface area contributed by atoms with E-state index in [2.05, 4.69) is 18.7 Å². The standard InChI is InChI=1S/C9H18FNO/c1-3-9(2)8-12-7-6-11(9)5-4-10/h3-8H2,1-2H3. The summed E-state index contributed by atoms with van der Waals surface area (Å²) in [4.78, 5) is 2.19. The van der Waals surface area contributed by atoms with Gasteiger partial charge >= 0.3 is 0 Å². The Hall–Kier alpha value is -0.150. The molecular formula is C9H18FNO. The first-order valence-electron chi connectivity index (χ1n) is 4.61. The second-order valence-corrected chi connectivity index (χ2v) is 3.58. The Morgan fingerprint density at radius 3 is 2.92 bits per heavy atom. The van der Waals surface area contributed by atoms with Crippen molar-refractivity contribution in [2.45, 2.75) is 25.8 Å². The van der Waals surface area contributed by atoms with Crippen molar-refractivity contribution >= 4 is 0 Å². The highest BCUT2D eigenvalue weighted by Crippen LogP contribution is 2.22. The maximum Gasteiger partial charge on any atom is 0.102 e. The Balaban J connectivity index is 2.53. The first-order valence-corrected chi connectivity index (χ1v) is 4.61. The summed E-state index contributed by atoms with van der Waals surface area (Å²) < 4.78 is 17.6. The molecule has 1 heterocycles. The van der Waals surface area contributed by atoms with Crippen LogP contribution in [0.2, 0.25) is 0 Å². The van der Waals surface area contributed by atoms with Gasteiger partial charge in [0.05, 0.1) is 13.2 Å². The van der Waals surface area contributed by atoms with E-state index < -0.39 is 0 Å². The smallest absolute Gasteiger partial charge is 0.102 e. The van der Waals surface area contributed by atoms with E-state index in [1.54, 1.807) is 0 Å². The minimum Gasteiger partial charge on any atom is -0.378 e. The molecule has 0 aliphatic carbocycles. The van der Waals surface area contributed by atoms with Crippen molar-refractivity contribution in [2.24, 2.45) is 0 Å². The molecule has 1 fully saturated rings. The summed E-state index contributed by atoms with van der Waals surface area (Å²) in [5, 5.41) is 0. The molecule has 0 N–H and O–H groups in total. The van der Waals surface area contributed by atoms with Gasteiger partial charge in [-0.3, -0.25) is 4.90 Å². The lowest BCUT2D eigenvalue weighted by Crippen LogP contribution is -2.55. The van der Waals surface area contributed by atoms with Gasteiger partial charge in [0.2, 0.25) is 0 Å². The lowest BCUT2D eigenvalue weighted by atomic mass is 9.96. The number of halogens is 1. The Kier molecular flexibility index (Phi) is 3.47. The van der Waals surface area contributed by atoms with Crippen molar-refractivity contribution in [3.8, 4) is 0 Å². The Morgan fingerprint density at radius 2 is 2.33 bits per heavy atom. The van der Waals surface area contributed by atoms with E-state index in [1.807, 2.05) is 0 Å². The van der Waals surface area contributed by atoms with Crippen LogP contribution in [0.15, 0.2) is 0 Å². The summed E-state index contributed by atoms with van der Waals surface area (Å²) in [6, 6.07) is 0. The van der Waals surface area contributed by atoms with E-state index >= 15 is 0 Å². The molecule has 1 aliphatic heterocycles. The van der Waals surface area contributed by atoms with Crippen molar-refractivity contribution in [3.63, 3.8) is 0 Å². The third-order valence-electron chi connectivity index (χ3n) is 2.80. The fourth-order valence-corrected chi connectivity index (χ4v) is 1.64. The van der Waals surface area contributed by atoms with E-state index in [1.165, 1.54) is 0 Å². The molecule has 1 unspecified atom stereocenters. The summed E-state index contributed by atoms with van der Waals surface area (Å²) >= 11 is 0. The summed E-state index contributed by atoms with van der Waals surface area (Å²) in [5.74, 6) is 0. The molecule has 0 radical (unpaired) electrons. The molecule has 1 atom stereocenters. The monoisotopic (exact) mass is 175 g/mol. The molecule has 12 heavy (non-hydrogen) atoms. The minimum atomic E-state index is -0.254. The maximum absolute atomic E-state index is 12.2. The quantitative estimate of drug-likeness (QED) is 0.644. The van der Waals surface area contributed by atoms with Gasteiger partial charge in [0.25, 0.3) is 0 Å². The highest BCUT2D eigenvalue weighted by Gasteiger charge is 2.32. The average molecular weight is 175 g/mol. The number of hydrogen-bond acceptors (Lipinski definition) is 2. The van der Waals surface area contributed by atoms with Gasteiger partial charge in [-0.25, -0.2) is 4.39 Å². The van der Waals surface area contributed by atoms with Crippen LogP contribution in [0.25, 0.3) is 0 Å². The van der Waals surface area contributed by atoms with Gasteiger partial charge in [0.1, 0.15) is 6.67 Å². The van der Waals surface area contributed by atoms with E-state index in [0.29, 0.717) is 6.54 Å². The largest absolute Gasteiger partial charge is 0.378 e. The van der Waals surface area contributed by atoms with Gasteiger partial charge in [-0.15, -0.1) is 0 Å². The number of rotatable bonds is 3. The molecule has 0 amide bonds. The van der Waals surface area contributed by atoms with Crippen molar-refractivity contribution in [1.82, 2.24) is 4.90 Å². The van der Waals surface area contributed by atoms with Crippen molar-refractivity contribution in [3.05, 3.63) is 0 Å². The van der Waals surface area contributed by atoms with Crippen LogP contribution < -0.4 is 0 Å². The number of morpholine rings is 1. The van der Waals surface area contributed by atoms with Gasteiger partial charge in [-0.2, -0.15) is 0 Å². The van der Waals surface area contributed by atoms with Gasteiger partial charge in [0.15, 0.2) is 0 Å². The fraction of sp³-hybridized carbons (Fsp3) is 1.00. The predicted octanol–water partition coefficient (Wildman–Crippen LogP) is 1.46. The number of nitrogens with zero attached hydrogens (tertiary/aromatic N) is 1. The van der Waals surface area contributed by atoms with E-state index in [0.717, 1.165) is 26.2 Å². The van der Waals surface area contributed by atoms with Crippen LogP contribution in [0.1, 0.15) is 20.3 Å². The second-order valence-electron chi connectivity index (χ2n) is 3.58. The van der Waals surface area contributed by atoms with Crippen LogP contribution in [0.3, 0.4) is 0 Å². The van der Waals surface area contributed by atoms with Crippen LogP contribution in [0, 0.1) is 0 Å². The lowest BCUT2D eigenvalue weighted by molar-refractivity contribution is -0.0633. The third kappa shape index (κ3) is 1.96. The highest BCUT2D eigenvalue weighted by molar-refractivity contribution is 4.87. The number of hydrogen-bond donors (Lipinski definition) is 0. The molecule has 3 heteroatoms. The van der Waals surface area contributed by atoms with E-state index in [-0.39, 0.29) is 12.2 Å². The molecular weight excluding hydrogens is 157 g/mol. The van der Waals surface area contributed by atoms with Gasteiger partial charge in [-0.1, -0.05) is 6.92 Å². The second kappa shape index (κ2) is 4.19. The normalized spacial score (nSPS) is 32.2. The number of ether oxygens (including phenoxy) is 1. The van der Waals surface area contributed by atoms with Crippen molar-refractivity contribution in [2.75, 3.05) is 33.0 Å². The van der Waals surface area contributed by atoms with E-state index in [9.17, 15) is 4.39 Å². The molecule has 1 aliphatic rings. The summed E-state index contributed by atoms with van der Waals surface area (Å²) in [5.41, 5.74) is 0.0599. The molecule has 1 saturated heterocycles. The predicted molar refractivity (Wildman–Crippen MR) is 47.1 cm³/mol. The topological polar surface area (TPSA) is 12.5 Å². The lowest BCUT2D eigenvalue weighted by Gasteiger charge is -2.43. The van der Waals surface area contributed by atoms with E-state index in [4.69, 9.17) is 4.74 Å². The molecule has 0 aromatic rings. The molecule has 0 aromatic carbocycles. The van der Waals surface area contributed by atoms with Crippen LogP contribution in [0.5, 0.6) is 0 Å². The van der Waals surface area contributed by atoms with Gasteiger partial charge < -0.3 is 4.74 Å². The first-order chi connectivity index (χ1) is 5.73. The van der Waals surface area contributed by atoms with Crippen LogP contribution >= 0.6 is 0 Å². The highest BCUT2D eigenvalue weighted by atomic mass is 19.1. The van der Waals surface area contributed by atoms with Crippen molar-refractivity contribution in [1.29, 1.82) is 0 Å². The minimum absolute atomic E-state index is 0.0599. The molecule has 0 bridgehead atoms. The Morgan fingerprint density at radius 1 is 1.58 bits per heavy atom. The summed E-state index contributed by atoms with van der Waals surface area (Å²) in [6.45, 7) is 6.92. The number of alkyl halides is 1. The summed E-state index contributed by atoms with van der Waals surface area (Å²) in [7, 11) is 0. The molecule has 0 spiro atoms. The van der Waals surface area contributed by atoms with Gasteiger partial charge in [-0.05, 0) is 13.3 Å². The SMILES string of the molecule is CCC1(C)COCCN1CCF. The zero-order valence-corrected chi connectivity index (χ0v) is 7.98. The van der Waals surface area contributed by atoms with Crippen molar-refractivity contribution < 1.29 is 9.13 Å². The third-order valence-corrected chi connectivity index (χ3v) is 2.80. The molecule has 72 valence electrons. The molecule has 1 rings (SSSR count). The average Bonchev–Trinajstić information content (AvgIpc) is 2.10. The van der Waals surface area contributed by atoms with Crippen LogP contribution in [0.4, 0.5) is 4.39 Å². The zero-order chi connectivity index (χ0) is 9.03. The fourth-order valence-electron chi connectivity index (χ4n) is 1.64. The summed E-state index contributed by atoms with van der Waals surface area (Å²) in [6.07, 6.45) is 1.02. The van der Waals surface area contributed by atoms with Gasteiger partial charge in [0, 0.05) is 18.6 Å². The van der Waals surface area contributed by atoms with Crippen LogP contribution in [-0.2, 0) is 4.74 Å². The maximum atomic E-state index is 12.2. The Bertz CT molecular complexity index is 140. The van der Waals surface area contributed by atoms with Crippen LogP contribution in [-0.4, -0.2) is 43.4 Å². The first kappa shape index (κ1) is 9.93. The molecule has 0 saturated carbocycles. The molecule has 0 aromatic heterocycles. The zero-order valence-electron chi connectivity index (χ0n) is 7.98. The molecule has 2 nitrogen and oxygen atoms in total. The Labute approximate surface area is 73.7 Å².